The molecule has 72 heavy (non-hydrogen) atoms. The van der Waals surface area contributed by atoms with Crippen molar-refractivity contribution in [2.24, 2.45) is 0 Å². The lowest BCUT2D eigenvalue weighted by molar-refractivity contribution is -0.214. The Bertz CT molecular complexity index is 3310. The highest BCUT2D eigenvalue weighted by molar-refractivity contribution is 9.10. The zero-order valence-electron chi connectivity index (χ0n) is 39.5. The van der Waals surface area contributed by atoms with E-state index in [0.717, 1.165) is 59.3 Å². The number of ether oxygens (including phenoxy) is 2. The third-order valence-corrected chi connectivity index (χ3v) is 14.0. The standard InChI is InChI=1S/C23H21N3O5.C15H15BrN2O5.C14H18BNO2/c27-11-19-22(29)23(30)21(28)18(31-19)4-3-14-7-15(8-16-10-25-26-20(14)16)13-2-1-12-5-6-24-17(12)9-13;16-9-3-7(12-8(4-9)5-17-18-12)1-2-10-13(20)15(22)14(21)11(6-19)23-10;1-13(2)14(3,4)18-15(17-13)11-6-5-10-7-8-16-12(10)9-11/h1-2,5-10,18-19,21-24,27-30H,11H2,(H,25,26);3-5,10-11,13-15,19-22H,6H2,(H,17,18);5-9,16H,1-4H3/t18-,19-,21-,22-,23-;10-,11-,13-,14-,15-;/m11./s1. The SMILES string of the molecule is CC1(C)OB(c2ccc3cc[nH]c3c2)OC1(C)C.OC[C@H]1O[C@H](C#Cc2cc(-c3ccc4cc[nH]c4c3)cc3cn[nH]c23)[C@@H](O)[C@@H](O)[C@@H]1O.OC[C@H]1O[C@H](C#Cc2cc(Br)cc3cn[nH]c23)[C@@H](O)[C@@H](O)[C@@H]1O. The molecule has 20 heteroatoms. The van der Waals surface area contributed by atoms with Gasteiger partial charge in [0.25, 0.3) is 0 Å². The molecule has 10 atom stereocenters. The molecule has 0 unspecified atom stereocenters. The lowest BCUT2D eigenvalue weighted by atomic mass is 9.79. The first kappa shape index (κ1) is 51.0. The Kier molecular flexibility index (Phi) is 14.8. The van der Waals surface area contributed by atoms with E-state index in [9.17, 15) is 40.9 Å². The Labute approximate surface area is 421 Å². The van der Waals surface area contributed by atoms with Gasteiger partial charge in [-0.1, -0.05) is 63.9 Å². The van der Waals surface area contributed by atoms with Crippen molar-refractivity contribution in [1.82, 2.24) is 30.4 Å². The number of nitrogens with zero attached hydrogens (tertiary/aromatic N) is 2. The Hall–Kier alpha value is -5.92. The van der Waals surface area contributed by atoms with E-state index in [1.165, 1.54) is 5.39 Å². The fourth-order valence-corrected chi connectivity index (χ4v) is 9.08. The van der Waals surface area contributed by atoms with Gasteiger partial charge >= 0.3 is 7.12 Å². The maximum absolute atomic E-state index is 10.2. The van der Waals surface area contributed by atoms with Gasteiger partial charge in [0.05, 0.1) is 59.0 Å². The molecule has 0 amide bonds. The summed E-state index contributed by atoms with van der Waals surface area (Å²) in [6.07, 6.45) is -5.31. The molecular weight excluding hydrogens is 991 g/mol. The first-order valence-corrected chi connectivity index (χ1v) is 24.0. The maximum Gasteiger partial charge on any atom is 0.494 e. The summed E-state index contributed by atoms with van der Waals surface area (Å²) in [5.74, 6) is 11.5. The smallest absolute Gasteiger partial charge is 0.399 e. The molecule has 11 rings (SSSR count). The highest BCUT2D eigenvalue weighted by Crippen LogP contribution is 2.37. The van der Waals surface area contributed by atoms with Crippen molar-refractivity contribution in [2.75, 3.05) is 13.2 Å². The predicted molar refractivity (Wildman–Crippen MR) is 272 cm³/mol. The van der Waals surface area contributed by atoms with Crippen molar-refractivity contribution < 1.29 is 59.6 Å². The van der Waals surface area contributed by atoms with E-state index >= 15 is 0 Å². The number of rotatable bonds is 4. The number of halogens is 1. The molecule has 0 saturated carbocycles. The summed E-state index contributed by atoms with van der Waals surface area (Å²) in [4.78, 5) is 6.43. The summed E-state index contributed by atoms with van der Waals surface area (Å²) in [7, 11) is -0.289. The van der Waals surface area contributed by atoms with Gasteiger partial charge in [0.15, 0.2) is 0 Å². The van der Waals surface area contributed by atoms with Crippen molar-refractivity contribution in [2.45, 2.75) is 99.9 Å². The summed E-state index contributed by atoms with van der Waals surface area (Å²) in [5.41, 5.74) is 7.34. The van der Waals surface area contributed by atoms with E-state index in [2.05, 4.69) is 128 Å². The molecule has 4 aromatic heterocycles. The highest BCUT2D eigenvalue weighted by atomic mass is 79.9. The third kappa shape index (κ3) is 10.3. The number of H-pyrrole nitrogens is 4. The number of aromatic nitrogens is 6. The van der Waals surface area contributed by atoms with Crippen molar-refractivity contribution in [1.29, 1.82) is 0 Å². The van der Waals surface area contributed by atoms with Crippen molar-refractivity contribution in [3.8, 4) is 34.8 Å². The van der Waals surface area contributed by atoms with Crippen molar-refractivity contribution in [3.05, 3.63) is 113 Å². The lowest BCUT2D eigenvalue weighted by Crippen LogP contribution is -2.58. The number of hydrogen-bond donors (Lipinski definition) is 12. The molecule has 12 N–H and O–H groups in total. The van der Waals surface area contributed by atoms with Gasteiger partial charge in [0, 0.05) is 38.7 Å². The molecule has 3 fully saturated rings. The van der Waals surface area contributed by atoms with Crippen LogP contribution in [0.5, 0.6) is 0 Å². The fraction of sp³-hybridized carbons (Fsp3) is 0.346. The second kappa shape index (κ2) is 20.9. The van der Waals surface area contributed by atoms with Crippen molar-refractivity contribution >= 4 is 72.1 Å². The van der Waals surface area contributed by atoms with Crippen LogP contribution in [-0.2, 0) is 18.8 Å². The molecule has 3 aliphatic rings. The lowest BCUT2D eigenvalue weighted by Gasteiger charge is -2.37. The molecule has 0 radical (unpaired) electrons. The van der Waals surface area contributed by atoms with Gasteiger partial charge < -0.3 is 69.6 Å². The quantitative estimate of drug-likeness (QED) is 0.0893. The minimum absolute atomic E-state index is 0.289. The Morgan fingerprint density at radius 1 is 0.569 bits per heavy atom. The molecule has 3 saturated heterocycles. The molecule has 7 heterocycles. The van der Waals surface area contributed by atoms with Crippen LogP contribution in [0.25, 0.3) is 54.7 Å². The van der Waals surface area contributed by atoms with Gasteiger partial charge in [-0.2, -0.15) is 10.2 Å². The minimum Gasteiger partial charge on any atom is -0.399 e. The molecule has 18 nitrogen and oxygen atoms in total. The maximum atomic E-state index is 10.2. The Morgan fingerprint density at radius 2 is 1.07 bits per heavy atom. The van der Waals surface area contributed by atoms with Gasteiger partial charge in [-0.25, -0.2) is 0 Å². The van der Waals surface area contributed by atoms with Crippen LogP contribution in [0.1, 0.15) is 38.8 Å². The summed E-state index contributed by atoms with van der Waals surface area (Å²) in [6.45, 7) is 7.30. The number of fused-ring (bicyclic) bond motifs is 4. The van der Waals surface area contributed by atoms with E-state index < -0.39 is 74.3 Å². The number of aromatic amines is 4. The number of hydrogen-bond acceptors (Lipinski definition) is 14. The van der Waals surface area contributed by atoms with Gasteiger partial charge in [-0.3, -0.25) is 10.2 Å². The molecule has 374 valence electrons. The molecule has 8 aromatic rings. The first-order chi connectivity index (χ1) is 34.4. The van der Waals surface area contributed by atoms with E-state index in [0.29, 0.717) is 11.1 Å². The van der Waals surface area contributed by atoms with Crippen LogP contribution in [0.15, 0.2) is 102 Å². The topological polar surface area (TPSA) is 288 Å². The number of benzene rings is 4. The zero-order valence-corrected chi connectivity index (χ0v) is 41.1. The average molecular weight is 1050 g/mol. The monoisotopic (exact) mass is 1040 g/mol. The average Bonchev–Trinajstić information content (AvgIpc) is 4.23. The van der Waals surface area contributed by atoms with Crippen molar-refractivity contribution in [3.63, 3.8) is 0 Å². The largest absolute Gasteiger partial charge is 0.494 e. The minimum atomic E-state index is -1.46. The predicted octanol–water partition coefficient (Wildman–Crippen LogP) is 2.89. The van der Waals surface area contributed by atoms with Crippen LogP contribution in [0.2, 0.25) is 0 Å². The first-order valence-electron chi connectivity index (χ1n) is 23.2. The molecule has 0 aliphatic carbocycles. The number of nitrogens with one attached hydrogen (secondary N) is 4. The third-order valence-electron chi connectivity index (χ3n) is 13.5. The van der Waals surface area contributed by atoms with Crippen LogP contribution in [0, 0.1) is 23.7 Å². The zero-order chi connectivity index (χ0) is 51.1. The molecule has 0 bridgehead atoms. The van der Waals surface area contributed by atoms with Crippen LogP contribution in [0.4, 0.5) is 0 Å². The van der Waals surface area contributed by atoms with Gasteiger partial charge in [0.2, 0.25) is 0 Å². The van der Waals surface area contributed by atoms with E-state index in [-0.39, 0.29) is 18.3 Å². The van der Waals surface area contributed by atoms with Crippen LogP contribution in [0.3, 0.4) is 0 Å². The highest BCUT2D eigenvalue weighted by Gasteiger charge is 2.52. The van der Waals surface area contributed by atoms with E-state index in [1.807, 2.05) is 48.8 Å². The summed E-state index contributed by atoms with van der Waals surface area (Å²) < 4.78 is 23.7. The Balaban J connectivity index is 0.000000139. The van der Waals surface area contributed by atoms with Crippen LogP contribution < -0.4 is 5.46 Å². The second-order valence-electron chi connectivity index (χ2n) is 18.9. The van der Waals surface area contributed by atoms with Gasteiger partial charge in [0.1, 0.15) is 61.0 Å². The van der Waals surface area contributed by atoms with E-state index in [1.54, 1.807) is 18.5 Å². The van der Waals surface area contributed by atoms with Crippen LogP contribution >= 0.6 is 15.9 Å². The second-order valence-corrected chi connectivity index (χ2v) is 19.8. The molecule has 0 spiro atoms. The molecule has 3 aliphatic heterocycles. The van der Waals surface area contributed by atoms with Gasteiger partial charge in [-0.15, -0.1) is 0 Å². The fourth-order valence-electron chi connectivity index (χ4n) is 8.60. The number of aliphatic hydroxyl groups excluding tert-OH is 8. The Morgan fingerprint density at radius 3 is 1.61 bits per heavy atom. The summed E-state index contributed by atoms with van der Waals surface area (Å²) >= 11 is 3.39. The normalized spacial score (nSPS) is 26.5. The summed E-state index contributed by atoms with van der Waals surface area (Å²) in [5, 5.41) is 96.1. The summed E-state index contributed by atoms with van der Waals surface area (Å²) in [6, 6.07) is 24.1. The number of aliphatic hydroxyl groups is 8. The van der Waals surface area contributed by atoms with Crippen LogP contribution in [-0.4, -0.2) is 164 Å². The molecular formula is C52H54BBrN6O12. The van der Waals surface area contributed by atoms with Gasteiger partial charge in [-0.05, 0) is 104 Å². The van der Waals surface area contributed by atoms with E-state index in [4.69, 9.17) is 18.8 Å². The molecule has 4 aromatic carbocycles.